The number of aryl methyl sites for hydroxylation is 1. The standard InChI is InChI=1S/C14H18N2/c1-11(2)16-9-13-6-5-12(4-3-7-15)8-14(13)10-16/h5-6,8,11H,3-4,9-10H2,1-2H3. The Kier molecular flexibility index (Phi) is 3.26. The molecule has 16 heavy (non-hydrogen) atoms. The lowest BCUT2D eigenvalue weighted by atomic mass is 10.0. The van der Waals surface area contributed by atoms with Gasteiger partial charge in [0.1, 0.15) is 0 Å². The molecule has 1 aliphatic heterocycles. The molecule has 0 radical (unpaired) electrons. The lowest BCUT2D eigenvalue weighted by Crippen LogP contribution is -2.24. The molecule has 0 spiro atoms. The van der Waals surface area contributed by atoms with Crippen molar-refractivity contribution in [2.45, 2.75) is 45.8 Å². The first-order chi connectivity index (χ1) is 7.70. The lowest BCUT2D eigenvalue weighted by molar-refractivity contribution is 0.227. The van der Waals surface area contributed by atoms with Crippen molar-refractivity contribution in [1.82, 2.24) is 4.90 Å². The molecule has 0 unspecified atom stereocenters. The van der Waals surface area contributed by atoms with Gasteiger partial charge in [0.15, 0.2) is 0 Å². The van der Waals surface area contributed by atoms with E-state index in [2.05, 4.69) is 43.0 Å². The van der Waals surface area contributed by atoms with Crippen LogP contribution >= 0.6 is 0 Å². The van der Waals surface area contributed by atoms with E-state index in [0.29, 0.717) is 12.5 Å². The van der Waals surface area contributed by atoms with Crippen molar-refractivity contribution in [2.24, 2.45) is 0 Å². The first-order valence-corrected chi connectivity index (χ1v) is 5.92. The van der Waals surface area contributed by atoms with Crippen molar-refractivity contribution in [1.29, 1.82) is 5.26 Å². The van der Waals surface area contributed by atoms with E-state index in [9.17, 15) is 0 Å². The Morgan fingerprint density at radius 2 is 2.06 bits per heavy atom. The van der Waals surface area contributed by atoms with E-state index in [-0.39, 0.29) is 0 Å². The van der Waals surface area contributed by atoms with E-state index in [1.165, 1.54) is 16.7 Å². The second kappa shape index (κ2) is 4.67. The van der Waals surface area contributed by atoms with Gasteiger partial charge in [-0.3, -0.25) is 4.90 Å². The van der Waals surface area contributed by atoms with Gasteiger partial charge < -0.3 is 0 Å². The largest absolute Gasteiger partial charge is 0.292 e. The van der Waals surface area contributed by atoms with E-state index in [0.717, 1.165) is 19.5 Å². The third-order valence-corrected chi connectivity index (χ3v) is 3.27. The number of rotatable bonds is 3. The molecule has 1 aromatic rings. The highest BCUT2D eigenvalue weighted by molar-refractivity contribution is 5.35. The fraction of sp³-hybridized carbons (Fsp3) is 0.500. The van der Waals surface area contributed by atoms with Crippen molar-refractivity contribution in [3.05, 3.63) is 34.9 Å². The molecule has 0 N–H and O–H groups in total. The number of benzene rings is 1. The molecule has 2 rings (SSSR count). The number of hydrogen-bond acceptors (Lipinski definition) is 2. The summed E-state index contributed by atoms with van der Waals surface area (Å²) in [4.78, 5) is 2.47. The summed E-state index contributed by atoms with van der Waals surface area (Å²) < 4.78 is 0. The Balaban J connectivity index is 2.12. The minimum Gasteiger partial charge on any atom is -0.292 e. The van der Waals surface area contributed by atoms with Crippen LogP contribution < -0.4 is 0 Å². The molecule has 0 amide bonds. The summed E-state index contributed by atoms with van der Waals surface area (Å²) in [6.07, 6.45) is 1.50. The van der Waals surface area contributed by atoms with Gasteiger partial charge in [-0.15, -0.1) is 0 Å². The van der Waals surface area contributed by atoms with Crippen LogP contribution in [0.25, 0.3) is 0 Å². The molecule has 2 nitrogen and oxygen atoms in total. The van der Waals surface area contributed by atoms with E-state index in [1.807, 2.05) is 0 Å². The van der Waals surface area contributed by atoms with E-state index in [1.54, 1.807) is 0 Å². The molecule has 0 atom stereocenters. The van der Waals surface area contributed by atoms with Crippen LogP contribution in [0.5, 0.6) is 0 Å². The Labute approximate surface area is 97.5 Å². The van der Waals surface area contributed by atoms with Gasteiger partial charge in [-0.05, 0) is 37.0 Å². The van der Waals surface area contributed by atoms with Crippen molar-refractivity contribution in [3.8, 4) is 6.07 Å². The van der Waals surface area contributed by atoms with Crippen LogP contribution in [-0.4, -0.2) is 10.9 Å². The highest BCUT2D eigenvalue weighted by Gasteiger charge is 2.20. The molecule has 1 aliphatic rings. The second-order valence-electron chi connectivity index (χ2n) is 4.76. The van der Waals surface area contributed by atoms with Crippen LogP contribution in [0.4, 0.5) is 0 Å². The molecule has 0 saturated heterocycles. The van der Waals surface area contributed by atoms with Crippen LogP contribution in [0.2, 0.25) is 0 Å². The van der Waals surface area contributed by atoms with Crippen LogP contribution in [-0.2, 0) is 19.5 Å². The molecule has 0 fully saturated rings. The molecule has 0 aliphatic carbocycles. The van der Waals surface area contributed by atoms with Gasteiger partial charge in [0.05, 0.1) is 6.07 Å². The first-order valence-electron chi connectivity index (χ1n) is 5.92. The monoisotopic (exact) mass is 214 g/mol. The quantitative estimate of drug-likeness (QED) is 0.773. The maximum atomic E-state index is 8.58. The average molecular weight is 214 g/mol. The highest BCUT2D eigenvalue weighted by Crippen LogP contribution is 2.25. The summed E-state index contributed by atoms with van der Waals surface area (Å²) in [7, 11) is 0. The van der Waals surface area contributed by atoms with Crippen molar-refractivity contribution in [3.63, 3.8) is 0 Å². The smallest absolute Gasteiger partial charge is 0.0625 e. The molecule has 0 bridgehead atoms. The minimum atomic E-state index is 0.606. The third kappa shape index (κ3) is 2.25. The summed E-state index contributed by atoms with van der Waals surface area (Å²) in [6.45, 7) is 6.61. The highest BCUT2D eigenvalue weighted by atomic mass is 15.2. The number of nitrogens with zero attached hydrogens (tertiary/aromatic N) is 2. The zero-order valence-corrected chi connectivity index (χ0v) is 10.0. The fourth-order valence-corrected chi connectivity index (χ4v) is 2.20. The number of hydrogen-bond donors (Lipinski definition) is 0. The molecular weight excluding hydrogens is 196 g/mol. The zero-order chi connectivity index (χ0) is 11.5. The predicted molar refractivity (Wildman–Crippen MR) is 64.8 cm³/mol. The maximum Gasteiger partial charge on any atom is 0.0625 e. The molecule has 2 heteroatoms. The second-order valence-corrected chi connectivity index (χ2v) is 4.76. The Morgan fingerprint density at radius 3 is 2.75 bits per heavy atom. The van der Waals surface area contributed by atoms with Crippen LogP contribution in [0.3, 0.4) is 0 Å². The number of fused-ring (bicyclic) bond motifs is 1. The summed E-state index contributed by atoms with van der Waals surface area (Å²) >= 11 is 0. The van der Waals surface area contributed by atoms with Gasteiger partial charge in [-0.25, -0.2) is 0 Å². The zero-order valence-electron chi connectivity index (χ0n) is 10.0. The summed E-state index contributed by atoms with van der Waals surface area (Å²) in [5, 5.41) is 8.58. The van der Waals surface area contributed by atoms with E-state index < -0.39 is 0 Å². The predicted octanol–water partition coefficient (Wildman–Crippen LogP) is 2.87. The van der Waals surface area contributed by atoms with Gasteiger partial charge in [0.2, 0.25) is 0 Å². The van der Waals surface area contributed by atoms with Gasteiger partial charge in [0.25, 0.3) is 0 Å². The number of nitriles is 1. The molecule has 0 aromatic heterocycles. The van der Waals surface area contributed by atoms with Gasteiger partial charge >= 0.3 is 0 Å². The molecule has 1 heterocycles. The van der Waals surface area contributed by atoms with Gasteiger partial charge in [0, 0.05) is 25.6 Å². The third-order valence-electron chi connectivity index (χ3n) is 3.27. The molecular formula is C14H18N2. The molecule has 0 saturated carbocycles. The van der Waals surface area contributed by atoms with Crippen LogP contribution in [0.15, 0.2) is 18.2 Å². The Morgan fingerprint density at radius 1 is 1.31 bits per heavy atom. The van der Waals surface area contributed by atoms with E-state index in [4.69, 9.17) is 5.26 Å². The van der Waals surface area contributed by atoms with Crippen molar-refractivity contribution < 1.29 is 0 Å². The Bertz CT molecular complexity index is 415. The van der Waals surface area contributed by atoms with Gasteiger partial charge in [-0.2, -0.15) is 5.26 Å². The van der Waals surface area contributed by atoms with Gasteiger partial charge in [-0.1, -0.05) is 18.2 Å². The van der Waals surface area contributed by atoms with E-state index >= 15 is 0 Å². The lowest BCUT2D eigenvalue weighted by Gasteiger charge is -2.18. The Hall–Kier alpha value is -1.33. The summed E-state index contributed by atoms with van der Waals surface area (Å²) in [6, 6.07) is 9.47. The normalized spacial score (nSPS) is 15.1. The van der Waals surface area contributed by atoms with Crippen molar-refractivity contribution >= 4 is 0 Å². The SMILES string of the molecule is CC(C)N1Cc2ccc(CCC#N)cc2C1. The summed E-state index contributed by atoms with van der Waals surface area (Å²) in [5.41, 5.74) is 4.20. The maximum absolute atomic E-state index is 8.58. The van der Waals surface area contributed by atoms with Crippen molar-refractivity contribution in [2.75, 3.05) is 0 Å². The average Bonchev–Trinajstić information content (AvgIpc) is 2.69. The van der Waals surface area contributed by atoms with Crippen LogP contribution in [0.1, 0.15) is 37.0 Å². The molecule has 1 aromatic carbocycles. The first kappa shape index (κ1) is 11.2. The fourth-order valence-electron chi connectivity index (χ4n) is 2.20. The van der Waals surface area contributed by atoms with Crippen LogP contribution in [0, 0.1) is 11.3 Å². The minimum absolute atomic E-state index is 0.606. The summed E-state index contributed by atoms with van der Waals surface area (Å²) in [5.74, 6) is 0. The molecule has 84 valence electrons. The topological polar surface area (TPSA) is 27.0 Å².